The van der Waals surface area contributed by atoms with Crippen molar-refractivity contribution < 1.29 is 4.79 Å². The van der Waals surface area contributed by atoms with E-state index in [1.165, 1.54) is 5.56 Å². The number of rotatable bonds is 2. The van der Waals surface area contributed by atoms with E-state index >= 15 is 0 Å². The molecule has 2 aliphatic heterocycles. The lowest BCUT2D eigenvalue weighted by molar-refractivity contribution is 0.178. The fraction of sp³-hybridized carbons (Fsp3) is 0.562. The zero-order valence-electron chi connectivity index (χ0n) is 12.1. The van der Waals surface area contributed by atoms with Crippen LogP contribution in [0.5, 0.6) is 0 Å². The SMILES string of the molecule is O=C(N[C@H]1CCNC1)N1CCC(c2ccc(Cl)cc2)CC1. The maximum Gasteiger partial charge on any atom is 0.317 e. The molecule has 2 N–H and O–H groups in total. The van der Waals surface area contributed by atoms with Crippen molar-refractivity contribution in [2.75, 3.05) is 26.2 Å². The first kappa shape index (κ1) is 14.7. The monoisotopic (exact) mass is 307 g/mol. The number of likely N-dealkylation sites (tertiary alicyclic amines) is 1. The van der Waals surface area contributed by atoms with Crippen LogP contribution < -0.4 is 10.6 Å². The molecule has 0 saturated carbocycles. The van der Waals surface area contributed by atoms with Crippen molar-refractivity contribution in [2.24, 2.45) is 0 Å². The van der Waals surface area contributed by atoms with Crippen LogP contribution in [0.2, 0.25) is 5.02 Å². The number of amides is 2. The lowest BCUT2D eigenvalue weighted by atomic mass is 9.89. The summed E-state index contributed by atoms with van der Waals surface area (Å²) >= 11 is 5.93. The third kappa shape index (κ3) is 3.69. The van der Waals surface area contributed by atoms with Crippen LogP contribution in [0.25, 0.3) is 0 Å². The fourth-order valence-corrected chi connectivity index (χ4v) is 3.32. The average Bonchev–Trinajstić information content (AvgIpc) is 3.01. The molecule has 3 rings (SSSR count). The van der Waals surface area contributed by atoms with Gasteiger partial charge in [-0.05, 0) is 49.4 Å². The zero-order valence-corrected chi connectivity index (χ0v) is 12.9. The van der Waals surface area contributed by atoms with Crippen LogP contribution in [0.15, 0.2) is 24.3 Å². The van der Waals surface area contributed by atoms with Crippen molar-refractivity contribution in [3.05, 3.63) is 34.9 Å². The molecule has 2 heterocycles. The molecule has 0 bridgehead atoms. The Morgan fingerprint density at radius 2 is 1.90 bits per heavy atom. The standard InChI is InChI=1S/C16H22ClN3O/c17-14-3-1-12(2-4-14)13-6-9-20(10-7-13)16(21)19-15-5-8-18-11-15/h1-4,13,15,18H,5-11H2,(H,19,21)/t15-/m0/s1. The minimum absolute atomic E-state index is 0.0956. The molecular weight excluding hydrogens is 286 g/mol. The minimum Gasteiger partial charge on any atom is -0.334 e. The second kappa shape index (κ2) is 6.67. The maximum atomic E-state index is 12.2. The number of piperidine rings is 1. The first-order valence-electron chi connectivity index (χ1n) is 7.74. The summed E-state index contributed by atoms with van der Waals surface area (Å²) in [6, 6.07) is 8.50. The highest BCUT2D eigenvalue weighted by Gasteiger charge is 2.25. The molecule has 2 saturated heterocycles. The molecule has 0 aromatic heterocycles. The zero-order chi connectivity index (χ0) is 14.7. The Morgan fingerprint density at radius 3 is 2.52 bits per heavy atom. The van der Waals surface area contributed by atoms with E-state index in [1.807, 2.05) is 17.0 Å². The third-order valence-electron chi connectivity index (χ3n) is 4.51. The summed E-state index contributed by atoms with van der Waals surface area (Å²) in [5.41, 5.74) is 1.33. The second-order valence-corrected chi connectivity index (χ2v) is 6.39. The highest BCUT2D eigenvalue weighted by atomic mass is 35.5. The van der Waals surface area contributed by atoms with E-state index in [4.69, 9.17) is 11.6 Å². The van der Waals surface area contributed by atoms with Gasteiger partial charge in [0.25, 0.3) is 0 Å². The van der Waals surface area contributed by atoms with Crippen molar-refractivity contribution >= 4 is 17.6 Å². The lowest BCUT2D eigenvalue weighted by Gasteiger charge is -2.33. The van der Waals surface area contributed by atoms with Gasteiger partial charge in [-0.3, -0.25) is 0 Å². The smallest absolute Gasteiger partial charge is 0.317 e. The van der Waals surface area contributed by atoms with Crippen LogP contribution in [0.3, 0.4) is 0 Å². The van der Waals surface area contributed by atoms with Crippen LogP contribution in [0.4, 0.5) is 4.79 Å². The van der Waals surface area contributed by atoms with Gasteiger partial charge in [0.1, 0.15) is 0 Å². The van der Waals surface area contributed by atoms with Gasteiger partial charge in [-0.2, -0.15) is 0 Å². The maximum absolute atomic E-state index is 12.2. The molecule has 0 unspecified atom stereocenters. The number of benzene rings is 1. The summed E-state index contributed by atoms with van der Waals surface area (Å²) in [6.07, 6.45) is 3.09. The normalized spacial score (nSPS) is 23.3. The molecule has 114 valence electrons. The summed E-state index contributed by atoms with van der Waals surface area (Å²) in [5, 5.41) is 7.17. The van der Waals surface area contributed by atoms with Gasteiger partial charge >= 0.3 is 6.03 Å². The van der Waals surface area contributed by atoms with Crippen molar-refractivity contribution in [1.29, 1.82) is 0 Å². The number of carbonyl (C=O) groups excluding carboxylic acids is 1. The molecule has 1 atom stereocenters. The van der Waals surface area contributed by atoms with Gasteiger partial charge < -0.3 is 15.5 Å². The highest BCUT2D eigenvalue weighted by molar-refractivity contribution is 6.30. The summed E-state index contributed by atoms with van der Waals surface area (Å²) < 4.78 is 0. The van der Waals surface area contributed by atoms with Gasteiger partial charge in [0.2, 0.25) is 0 Å². The highest BCUT2D eigenvalue weighted by Crippen LogP contribution is 2.28. The Kier molecular flexibility index (Phi) is 4.66. The first-order valence-corrected chi connectivity index (χ1v) is 8.12. The molecule has 21 heavy (non-hydrogen) atoms. The predicted molar refractivity (Wildman–Crippen MR) is 84.8 cm³/mol. The van der Waals surface area contributed by atoms with Gasteiger partial charge in [0, 0.05) is 30.7 Å². The van der Waals surface area contributed by atoms with Crippen LogP contribution in [0.1, 0.15) is 30.7 Å². The molecule has 4 nitrogen and oxygen atoms in total. The van der Waals surface area contributed by atoms with E-state index in [0.29, 0.717) is 12.0 Å². The van der Waals surface area contributed by atoms with Gasteiger partial charge in [0.05, 0.1) is 0 Å². The van der Waals surface area contributed by atoms with Crippen LogP contribution in [-0.2, 0) is 0 Å². The average molecular weight is 308 g/mol. The molecule has 1 aromatic carbocycles. The van der Waals surface area contributed by atoms with Crippen molar-refractivity contribution in [1.82, 2.24) is 15.5 Å². The summed E-state index contributed by atoms with van der Waals surface area (Å²) in [7, 11) is 0. The Hall–Kier alpha value is -1.26. The van der Waals surface area contributed by atoms with Crippen molar-refractivity contribution in [2.45, 2.75) is 31.2 Å². The van der Waals surface area contributed by atoms with Crippen molar-refractivity contribution in [3.63, 3.8) is 0 Å². The lowest BCUT2D eigenvalue weighted by Crippen LogP contribution is -2.48. The van der Waals surface area contributed by atoms with Crippen molar-refractivity contribution in [3.8, 4) is 0 Å². The van der Waals surface area contributed by atoms with E-state index in [2.05, 4.69) is 22.8 Å². The molecule has 2 amide bonds. The molecule has 2 fully saturated rings. The van der Waals surface area contributed by atoms with E-state index < -0.39 is 0 Å². The van der Waals surface area contributed by atoms with E-state index in [-0.39, 0.29) is 6.03 Å². The van der Waals surface area contributed by atoms with Gasteiger partial charge in [-0.15, -0.1) is 0 Å². The summed E-state index contributed by atoms with van der Waals surface area (Å²) in [5.74, 6) is 0.541. The fourth-order valence-electron chi connectivity index (χ4n) is 3.19. The Morgan fingerprint density at radius 1 is 1.19 bits per heavy atom. The van der Waals surface area contributed by atoms with E-state index in [0.717, 1.165) is 50.5 Å². The molecule has 2 aliphatic rings. The molecule has 1 aromatic rings. The van der Waals surface area contributed by atoms with E-state index in [9.17, 15) is 4.79 Å². The topological polar surface area (TPSA) is 44.4 Å². The molecule has 0 spiro atoms. The van der Waals surface area contributed by atoms with E-state index in [1.54, 1.807) is 0 Å². The van der Waals surface area contributed by atoms with Crippen LogP contribution in [-0.4, -0.2) is 43.2 Å². The summed E-state index contributed by atoms with van der Waals surface area (Å²) in [6.45, 7) is 3.56. The van der Waals surface area contributed by atoms with Crippen LogP contribution >= 0.6 is 11.6 Å². The molecule has 0 aliphatic carbocycles. The first-order chi connectivity index (χ1) is 10.2. The Balaban J connectivity index is 1.50. The van der Waals surface area contributed by atoms with Gasteiger partial charge in [0.15, 0.2) is 0 Å². The quantitative estimate of drug-likeness (QED) is 0.882. The summed E-state index contributed by atoms with van der Waals surface area (Å²) in [4.78, 5) is 14.2. The number of nitrogens with zero attached hydrogens (tertiary/aromatic N) is 1. The Bertz CT molecular complexity index is 477. The second-order valence-electron chi connectivity index (χ2n) is 5.95. The molecular formula is C16H22ClN3O. The Labute approximate surface area is 130 Å². The number of carbonyl (C=O) groups is 1. The number of urea groups is 1. The molecule has 0 radical (unpaired) electrons. The third-order valence-corrected chi connectivity index (χ3v) is 4.76. The minimum atomic E-state index is 0.0956. The number of nitrogens with one attached hydrogen (secondary N) is 2. The number of hydrogen-bond donors (Lipinski definition) is 2. The number of hydrogen-bond acceptors (Lipinski definition) is 2. The van der Waals surface area contributed by atoms with Gasteiger partial charge in [-0.25, -0.2) is 4.79 Å². The molecule has 5 heteroatoms. The largest absolute Gasteiger partial charge is 0.334 e. The van der Waals surface area contributed by atoms with Crippen LogP contribution in [0, 0.1) is 0 Å². The predicted octanol–water partition coefficient (Wildman–Crippen LogP) is 2.59. The number of halogens is 1. The van der Waals surface area contributed by atoms with Gasteiger partial charge in [-0.1, -0.05) is 23.7 Å².